The molecule has 3 atom stereocenters. The monoisotopic (exact) mass is 343 g/mol. The third-order valence-corrected chi connectivity index (χ3v) is 4.87. The molecule has 0 saturated carbocycles. The predicted molar refractivity (Wildman–Crippen MR) is 97.1 cm³/mol. The first kappa shape index (κ1) is 17.6. The summed E-state index contributed by atoms with van der Waals surface area (Å²) in [6, 6.07) is 4.10. The Morgan fingerprint density at radius 3 is 2.60 bits per heavy atom. The molecule has 3 unspecified atom stereocenters. The van der Waals surface area contributed by atoms with Crippen LogP contribution in [0.4, 0.5) is 5.95 Å². The minimum absolute atomic E-state index is 0.00600. The van der Waals surface area contributed by atoms with Crippen LogP contribution in [0.15, 0.2) is 12.1 Å². The van der Waals surface area contributed by atoms with Crippen molar-refractivity contribution >= 4 is 22.8 Å². The standard InChI is InChI=1S/C18H25N5O2/c1-9-7-14-12(4)20-17(21-15(14)8-10(9)2)23-18-19-11(3)13(5-6-24)16(25)22-18/h7-8,11,13,18-19,24H,5-6H2,1-4H3,(H,22,25)(H,20,21,23). The second-order valence-electron chi connectivity index (χ2n) is 6.75. The molecule has 1 aromatic heterocycles. The van der Waals surface area contributed by atoms with Crippen LogP contribution in [-0.4, -0.2) is 39.9 Å². The molecule has 2 aromatic rings. The summed E-state index contributed by atoms with van der Waals surface area (Å²) in [7, 11) is 0. The number of hydrogen-bond acceptors (Lipinski definition) is 6. The molecule has 1 aliphatic heterocycles. The molecule has 1 saturated heterocycles. The highest BCUT2D eigenvalue weighted by atomic mass is 16.3. The third kappa shape index (κ3) is 3.57. The van der Waals surface area contributed by atoms with Gasteiger partial charge in [-0.25, -0.2) is 9.97 Å². The normalized spacial score (nSPS) is 23.6. The van der Waals surface area contributed by atoms with Crippen LogP contribution >= 0.6 is 0 Å². The van der Waals surface area contributed by atoms with E-state index in [4.69, 9.17) is 5.11 Å². The molecule has 1 aliphatic rings. The van der Waals surface area contributed by atoms with Crippen molar-refractivity contribution in [2.45, 2.75) is 46.4 Å². The zero-order valence-corrected chi connectivity index (χ0v) is 15.1. The molecule has 25 heavy (non-hydrogen) atoms. The molecule has 2 heterocycles. The number of aliphatic hydroxyl groups is 1. The lowest BCUT2D eigenvalue weighted by Crippen LogP contribution is -2.63. The van der Waals surface area contributed by atoms with Crippen molar-refractivity contribution in [3.8, 4) is 0 Å². The fourth-order valence-corrected chi connectivity index (χ4v) is 3.23. The van der Waals surface area contributed by atoms with Crippen molar-refractivity contribution in [2.24, 2.45) is 5.92 Å². The SMILES string of the molecule is Cc1cc2nc(NC3NC(=O)C(CCO)C(C)N3)nc(C)c2cc1C. The molecule has 7 nitrogen and oxygen atoms in total. The van der Waals surface area contributed by atoms with E-state index < -0.39 is 6.29 Å². The smallest absolute Gasteiger partial charge is 0.227 e. The topological polar surface area (TPSA) is 99.2 Å². The number of nitrogens with one attached hydrogen (secondary N) is 3. The number of rotatable bonds is 4. The van der Waals surface area contributed by atoms with Gasteiger partial charge in [-0.05, 0) is 57.4 Å². The van der Waals surface area contributed by atoms with Gasteiger partial charge in [0.15, 0.2) is 6.29 Å². The first-order valence-corrected chi connectivity index (χ1v) is 8.58. The Hall–Kier alpha value is -2.25. The first-order chi connectivity index (χ1) is 11.9. The number of hydrogen-bond donors (Lipinski definition) is 4. The highest BCUT2D eigenvalue weighted by Crippen LogP contribution is 2.22. The zero-order chi connectivity index (χ0) is 18.1. The molecule has 1 amide bonds. The number of aromatic nitrogens is 2. The molecule has 134 valence electrons. The molecule has 3 rings (SSSR count). The number of carbonyl (C=O) groups excluding carboxylic acids is 1. The average molecular weight is 343 g/mol. The van der Waals surface area contributed by atoms with Crippen LogP contribution in [0.3, 0.4) is 0 Å². The summed E-state index contributed by atoms with van der Waals surface area (Å²) in [5.41, 5.74) is 4.17. The fraction of sp³-hybridized carbons (Fsp3) is 0.500. The van der Waals surface area contributed by atoms with Gasteiger partial charge in [0.05, 0.1) is 17.1 Å². The Bertz CT molecular complexity index is 808. The summed E-state index contributed by atoms with van der Waals surface area (Å²) >= 11 is 0. The van der Waals surface area contributed by atoms with Crippen LogP contribution in [0, 0.1) is 26.7 Å². The Labute approximate surface area is 147 Å². The minimum atomic E-state index is -0.444. The quantitative estimate of drug-likeness (QED) is 0.669. The van der Waals surface area contributed by atoms with Crippen molar-refractivity contribution in [3.05, 3.63) is 29.0 Å². The highest BCUT2D eigenvalue weighted by molar-refractivity contribution is 5.84. The van der Waals surface area contributed by atoms with Crippen LogP contribution in [0.25, 0.3) is 10.9 Å². The van der Waals surface area contributed by atoms with Gasteiger partial charge in [-0.1, -0.05) is 0 Å². The largest absolute Gasteiger partial charge is 0.396 e. The van der Waals surface area contributed by atoms with E-state index in [1.165, 1.54) is 11.1 Å². The van der Waals surface area contributed by atoms with Gasteiger partial charge in [-0.2, -0.15) is 0 Å². The lowest BCUT2D eigenvalue weighted by atomic mass is 9.95. The van der Waals surface area contributed by atoms with E-state index in [1.54, 1.807) is 0 Å². The van der Waals surface area contributed by atoms with Crippen LogP contribution in [0.5, 0.6) is 0 Å². The van der Waals surface area contributed by atoms with E-state index in [-0.39, 0.29) is 24.5 Å². The predicted octanol–water partition coefficient (Wildman–Crippen LogP) is 1.36. The van der Waals surface area contributed by atoms with Crippen molar-refractivity contribution in [1.82, 2.24) is 20.6 Å². The number of benzene rings is 1. The summed E-state index contributed by atoms with van der Waals surface area (Å²) < 4.78 is 0. The second-order valence-corrected chi connectivity index (χ2v) is 6.75. The first-order valence-electron chi connectivity index (χ1n) is 8.58. The van der Waals surface area contributed by atoms with E-state index in [2.05, 4.69) is 51.9 Å². The average Bonchev–Trinajstić information content (AvgIpc) is 2.53. The van der Waals surface area contributed by atoms with Gasteiger partial charge in [-0.15, -0.1) is 0 Å². The Balaban J connectivity index is 1.81. The second kappa shape index (κ2) is 6.93. The Morgan fingerprint density at radius 1 is 1.20 bits per heavy atom. The van der Waals surface area contributed by atoms with Gasteiger partial charge < -0.3 is 15.7 Å². The van der Waals surface area contributed by atoms with Crippen molar-refractivity contribution < 1.29 is 9.90 Å². The van der Waals surface area contributed by atoms with E-state index in [0.717, 1.165) is 16.6 Å². The maximum atomic E-state index is 12.2. The molecule has 4 N–H and O–H groups in total. The van der Waals surface area contributed by atoms with Gasteiger partial charge in [0.1, 0.15) is 0 Å². The summed E-state index contributed by atoms with van der Waals surface area (Å²) in [5, 5.41) is 19.4. The van der Waals surface area contributed by atoms with Crippen LogP contribution < -0.4 is 16.0 Å². The zero-order valence-electron chi connectivity index (χ0n) is 15.1. The van der Waals surface area contributed by atoms with E-state index in [9.17, 15) is 4.79 Å². The van der Waals surface area contributed by atoms with Crippen molar-refractivity contribution in [1.29, 1.82) is 0 Å². The number of amides is 1. The number of aryl methyl sites for hydroxylation is 3. The van der Waals surface area contributed by atoms with Crippen LogP contribution in [0.2, 0.25) is 0 Å². The van der Waals surface area contributed by atoms with Crippen molar-refractivity contribution in [3.63, 3.8) is 0 Å². The maximum absolute atomic E-state index is 12.2. The molecule has 1 fully saturated rings. The highest BCUT2D eigenvalue weighted by Gasteiger charge is 2.33. The third-order valence-electron chi connectivity index (χ3n) is 4.87. The molecule has 0 radical (unpaired) electrons. The molecular formula is C18H25N5O2. The maximum Gasteiger partial charge on any atom is 0.227 e. The Morgan fingerprint density at radius 2 is 1.92 bits per heavy atom. The Kier molecular flexibility index (Phi) is 4.87. The number of fused-ring (bicyclic) bond motifs is 1. The van der Waals surface area contributed by atoms with E-state index in [1.807, 2.05) is 13.8 Å². The summed E-state index contributed by atoms with van der Waals surface area (Å²) in [4.78, 5) is 21.3. The van der Waals surface area contributed by atoms with Crippen LogP contribution in [-0.2, 0) is 4.79 Å². The molecule has 1 aromatic carbocycles. The molecular weight excluding hydrogens is 318 g/mol. The van der Waals surface area contributed by atoms with Gasteiger partial charge in [0.2, 0.25) is 11.9 Å². The summed E-state index contributed by atoms with van der Waals surface area (Å²) in [6.45, 7) is 8.02. The molecule has 0 bridgehead atoms. The van der Waals surface area contributed by atoms with Gasteiger partial charge in [0, 0.05) is 18.0 Å². The molecule has 0 aliphatic carbocycles. The fourth-order valence-electron chi connectivity index (χ4n) is 3.23. The van der Waals surface area contributed by atoms with E-state index in [0.29, 0.717) is 12.4 Å². The van der Waals surface area contributed by atoms with Crippen LogP contribution in [0.1, 0.15) is 30.2 Å². The summed E-state index contributed by atoms with van der Waals surface area (Å²) in [6.07, 6.45) is -0.00227. The number of carbonyl (C=O) groups is 1. The minimum Gasteiger partial charge on any atom is -0.396 e. The number of anilines is 1. The molecule has 7 heteroatoms. The van der Waals surface area contributed by atoms with Gasteiger partial charge in [-0.3, -0.25) is 10.1 Å². The van der Waals surface area contributed by atoms with E-state index >= 15 is 0 Å². The van der Waals surface area contributed by atoms with Crippen molar-refractivity contribution in [2.75, 3.05) is 11.9 Å². The van der Waals surface area contributed by atoms with Gasteiger partial charge >= 0.3 is 0 Å². The summed E-state index contributed by atoms with van der Waals surface area (Å²) in [5.74, 6) is 0.147. The van der Waals surface area contributed by atoms with Gasteiger partial charge in [0.25, 0.3) is 0 Å². The lowest BCUT2D eigenvalue weighted by molar-refractivity contribution is -0.129. The number of aliphatic hydroxyl groups excluding tert-OH is 1. The molecule has 0 spiro atoms. The number of nitrogens with zero attached hydrogens (tertiary/aromatic N) is 2. The lowest BCUT2D eigenvalue weighted by Gasteiger charge is -2.35.